The molecule has 0 aliphatic carbocycles. The molecule has 0 amide bonds. The molecule has 0 unspecified atom stereocenters. The van der Waals surface area contributed by atoms with E-state index in [-0.39, 0.29) is 6.61 Å². The molecule has 1 aromatic heterocycles. The number of ether oxygens (including phenoxy) is 2. The van der Waals surface area contributed by atoms with E-state index in [2.05, 4.69) is 5.10 Å². The first kappa shape index (κ1) is 16.8. The van der Waals surface area contributed by atoms with E-state index in [0.29, 0.717) is 29.1 Å². The van der Waals surface area contributed by atoms with Gasteiger partial charge in [0.15, 0.2) is 0 Å². The Balaban J connectivity index is 2.13. The Morgan fingerprint density at radius 1 is 1.27 bits per heavy atom. The Hall–Kier alpha value is -1.56. The Labute approximate surface area is 138 Å². The van der Waals surface area contributed by atoms with Gasteiger partial charge in [-0.1, -0.05) is 29.3 Å². The lowest BCUT2D eigenvalue weighted by atomic mass is 10.2. The van der Waals surface area contributed by atoms with Gasteiger partial charge < -0.3 is 9.47 Å². The summed E-state index contributed by atoms with van der Waals surface area (Å²) in [4.78, 5) is 11.7. The van der Waals surface area contributed by atoms with Crippen LogP contribution in [0.1, 0.15) is 18.2 Å². The Bertz CT molecular complexity index is 671. The number of hydrogen-bond acceptors (Lipinski definition) is 4. The minimum Gasteiger partial charge on any atom is -0.406 e. The van der Waals surface area contributed by atoms with E-state index in [0.717, 1.165) is 11.3 Å². The molecule has 1 heterocycles. The van der Waals surface area contributed by atoms with Crippen LogP contribution in [0.5, 0.6) is 5.88 Å². The molecule has 7 heteroatoms. The smallest absolute Gasteiger partial charge is 0.338 e. The number of aryl methyl sites for hydroxylation is 1. The lowest BCUT2D eigenvalue weighted by Gasteiger charge is -2.09. The number of esters is 1. The van der Waals surface area contributed by atoms with Crippen molar-refractivity contribution in [2.24, 2.45) is 0 Å². The van der Waals surface area contributed by atoms with E-state index in [1.165, 1.54) is 0 Å². The average molecular weight is 343 g/mol. The molecule has 0 aliphatic heterocycles. The monoisotopic (exact) mass is 342 g/mol. The SMILES string of the molecule is CCOCC(=O)Oc1cc(C)nn1Cc1ccc(Cl)c(Cl)c1. The topological polar surface area (TPSA) is 53.4 Å². The number of carbonyl (C=O) groups is 1. The van der Waals surface area contributed by atoms with Crippen molar-refractivity contribution in [1.29, 1.82) is 0 Å². The van der Waals surface area contributed by atoms with Crippen LogP contribution in [0.4, 0.5) is 0 Å². The first-order valence-electron chi connectivity index (χ1n) is 6.76. The van der Waals surface area contributed by atoms with Crippen LogP contribution >= 0.6 is 23.2 Å². The van der Waals surface area contributed by atoms with Gasteiger partial charge in [0.1, 0.15) is 6.61 Å². The number of carbonyl (C=O) groups excluding carboxylic acids is 1. The number of aromatic nitrogens is 2. The number of nitrogens with zero attached hydrogens (tertiary/aromatic N) is 2. The molecule has 0 spiro atoms. The van der Waals surface area contributed by atoms with Crippen molar-refractivity contribution in [3.63, 3.8) is 0 Å². The van der Waals surface area contributed by atoms with Gasteiger partial charge in [-0.25, -0.2) is 9.48 Å². The van der Waals surface area contributed by atoms with Crippen LogP contribution in [0.25, 0.3) is 0 Å². The van der Waals surface area contributed by atoms with Gasteiger partial charge in [-0.15, -0.1) is 0 Å². The molecule has 0 aliphatic rings. The van der Waals surface area contributed by atoms with Gasteiger partial charge in [0.25, 0.3) is 0 Å². The van der Waals surface area contributed by atoms with Crippen molar-refractivity contribution < 1.29 is 14.3 Å². The molecule has 1 aromatic carbocycles. The molecule has 2 rings (SSSR count). The average Bonchev–Trinajstić information content (AvgIpc) is 2.80. The lowest BCUT2D eigenvalue weighted by Crippen LogP contribution is -2.18. The van der Waals surface area contributed by atoms with Crippen LogP contribution in [-0.2, 0) is 16.1 Å². The third kappa shape index (κ3) is 4.47. The fourth-order valence-corrected chi connectivity index (χ4v) is 2.18. The number of halogens is 2. The van der Waals surface area contributed by atoms with Crippen molar-refractivity contribution in [3.05, 3.63) is 45.6 Å². The van der Waals surface area contributed by atoms with Crippen molar-refractivity contribution >= 4 is 29.2 Å². The lowest BCUT2D eigenvalue weighted by molar-refractivity contribution is -0.139. The summed E-state index contributed by atoms with van der Waals surface area (Å²) in [5, 5.41) is 5.28. The zero-order chi connectivity index (χ0) is 16.1. The maximum atomic E-state index is 11.7. The van der Waals surface area contributed by atoms with Gasteiger partial charge in [-0.3, -0.25) is 0 Å². The predicted octanol–water partition coefficient (Wildman–Crippen LogP) is 3.49. The van der Waals surface area contributed by atoms with Gasteiger partial charge in [0.2, 0.25) is 5.88 Å². The highest BCUT2D eigenvalue weighted by Gasteiger charge is 2.12. The normalized spacial score (nSPS) is 10.7. The summed E-state index contributed by atoms with van der Waals surface area (Å²) in [5.41, 5.74) is 1.65. The molecule has 0 bridgehead atoms. The number of hydrogen-bond donors (Lipinski definition) is 0. The van der Waals surface area contributed by atoms with Gasteiger partial charge >= 0.3 is 5.97 Å². The van der Waals surface area contributed by atoms with E-state index in [4.69, 9.17) is 32.7 Å². The molecule has 22 heavy (non-hydrogen) atoms. The zero-order valence-corrected chi connectivity index (χ0v) is 13.8. The molecule has 0 radical (unpaired) electrons. The summed E-state index contributed by atoms with van der Waals surface area (Å²) in [5.74, 6) is -0.0922. The molecular formula is C15H16Cl2N2O3. The predicted molar refractivity (Wildman–Crippen MR) is 84.7 cm³/mol. The molecular weight excluding hydrogens is 327 g/mol. The van der Waals surface area contributed by atoms with E-state index in [9.17, 15) is 4.79 Å². The maximum absolute atomic E-state index is 11.7. The van der Waals surface area contributed by atoms with Crippen LogP contribution in [0, 0.1) is 6.92 Å². The van der Waals surface area contributed by atoms with Crippen LogP contribution in [-0.4, -0.2) is 29.0 Å². The van der Waals surface area contributed by atoms with Crippen molar-refractivity contribution in [2.45, 2.75) is 20.4 Å². The van der Waals surface area contributed by atoms with E-state index >= 15 is 0 Å². The van der Waals surface area contributed by atoms with E-state index in [1.807, 2.05) is 19.9 Å². The molecule has 0 fully saturated rings. The van der Waals surface area contributed by atoms with Gasteiger partial charge in [0, 0.05) is 12.7 Å². The largest absolute Gasteiger partial charge is 0.406 e. The van der Waals surface area contributed by atoms with Crippen LogP contribution in [0.15, 0.2) is 24.3 Å². The zero-order valence-electron chi connectivity index (χ0n) is 12.3. The molecule has 0 N–H and O–H groups in total. The third-order valence-corrected chi connectivity index (χ3v) is 3.56. The third-order valence-electron chi connectivity index (χ3n) is 2.82. The maximum Gasteiger partial charge on any atom is 0.338 e. The van der Waals surface area contributed by atoms with Gasteiger partial charge in [-0.2, -0.15) is 5.10 Å². The van der Waals surface area contributed by atoms with E-state index in [1.54, 1.807) is 22.9 Å². The van der Waals surface area contributed by atoms with Crippen molar-refractivity contribution in [1.82, 2.24) is 9.78 Å². The quantitative estimate of drug-likeness (QED) is 0.754. The van der Waals surface area contributed by atoms with Crippen LogP contribution < -0.4 is 4.74 Å². The van der Waals surface area contributed by atoms with Gasteiger partial charge in [-0.05, 0) is 31.5 Å². The molecule has 5 nitrogen and oxygen atoms in total. The fourth-order valence-electron chi connectivity index (χ4n) is 1.86. The Morgan fingerprint density at radius 3 is 2.73 bits per heavy atom. The summed E-state index contributed by atoms with van der Waals surface area (Å²) < 4.78 is 11.9. The highest BCUT2D eigenvalue weighted by molar-refractivity contribution is 6.42. The molecule has 0 saturated heterocycles. The second-order valence-corrected chi connectivity index (χ2v) is 5.46. The highest BCUT2D eigenvalue weighted by atomic mass is 35.5. The molecule has 2 aromatic rings. The van der Waals surface area contributed by atoms with E-state index < -0.39 is 5.97 Å². The summed E-state index contributed by atoms with van der Waals surface area (Å²) in [6.45, 7) is 4.42. The summed E-state index contributed by atoms with van der Waals surface area (Å²) in [7, 11) is 0. The summed E-state index contributed by atoms with van der Waals surface area (Å²) in [6, 6.07) is 7.02. The standard InChI is InChI=1S/C15H16Cl2N2O3/c1-3-21-9-15(20)22-14-6-10(2)18-19(14)8-11-4-5-12(16)13(17)7-11/h4-7H,3,8-9H2,1-2H3. The minimum atomic E-state index is -0.461. The minimum absolute atomic E-state index is 0.0898. The van der Waals surface area contributed by atoms with Crippen LogP contribution in [0.3, 0.4) is 0 Å². The Kier molecular flexibility index (Phi) is 5.83. The second kappa shape index (κ2) is 7.63. The first-order valence-corrected chi connectivity index (χ1v) is 7.52. The summed E-state index contributed by atoms with van der Waals surface area (Å²) in [6.07, 6.45) is 0. The number of benzene rings is 1. The van der Waals surface area contributed by atoms with Gasteiger partial charge in [0.05, 0.1) is 22.3 Å². The second-order valence-electron chi connectivity index (χ2n) is 4.64. The molecule has 0 saturated carbocycles. The van der Waals surface area contributed by atoms with Crippen LogP contribution in [0.2, 0.25) is 10.0 Å². The highest BCUT2D eigenvalue weighted by Crippen LogP contribution is 2.24. The van der Waals surface area contributed by atoms with Crippen molar-refractivity contribution in [2.75, 3.05) is 13.2 Å². The fraction of sp³-hybridized carbons (Fsp3) is 0.333. The molecule has 118 valence electrons. The first-order chi connectivity index (χ1) is 10.5. The molecule has 0 atom stereocenters. The van der Waals surface area contributed by atoms with Crippen molar-refractivity contribution in [3.8, 4) is 5.88 Å². The summed E-state index contributed by atoms with van der Waals surface area (Å²) >= 11 is 11.9. The Morgan fingerprint density at radius 2 is 2.05 bits per heavy atom. The number of rotatable bonds is 6.